The second-order valence-corrected chi connectivity index (χ2v) is 7.36. The van der Waals surface area contributed by atoms with Crippen molar-refractivity contribution in [1.29, 1.82) is 0 Å². The Morgan fingerprint density at radius 2 is 2.21 bits per heavy atom. The third-order valence-corrected chi connectivity index (χ3v) is 5.53. The first-order chi connectivity index (χ1) is 13.7. The first kappa shape index (κ1) is 18.7. The van der Waals surface area contributed by atoms with Crippen LogP contribution >= 0.6 is 11.6 Å². The van der Waals surface area contributed by atoms with Crippen LogP contribution in [0.25, 0.3) is 11.1 Å². The van der Waals surface area contributed by atoms with E-state index < -0.39 is 0 Å². The van der Waals surface area contributed by atoms with Gasteiger partial charge in [0, 0.05) is 24.7 Å². The Morgan fingerprint density at radius 1 is 1.36 bits per heavy atom. The van der Waals surface area contributed by atoms with E-state index in [1.165, 1.54) is 6.33 Å². The van der Waals surface area contributed by atoms with Gasteiger partial charge < -0.3 is 14.7 Å². The van der Waals surface area contributed by atoms with Crippen molar-refractivity contribution >= 4 is 34.4 Å². The lowest BCUT2D eigenvalue weighted by atomic mass is 9.96. The van der Waals surface area contributed by atoms with E-state index in [4.69, 9.17) is 16.1 Å². The summed E-state index contributed by atoms with van der Waals surface area (Å²) in [6.45, 7) is 3.90. The molecule has 28 heavy (non-hydrogen) atoms. The Kier molecular flexibility index (Phi) is 5.43. The van der Waals surface area contributed by atoms with Gasteiger partial charge in [-0.15, -0.1) is 0 Å². The quantitative estimate of drug-likeness (QED) is 0.708. The molecule has 0 unspecified atom stereocenters. The Hall–Kier alpha value is -2.67. The van der Waals surface area contributed by atoms with Crippen LogP contribution in [0.15, 0.2) is 35.1 Å². The number of aromatic nitrogens is 3. The molecule has 1 aromatic carbocycles. The summed E-state index contributed by atoms with van der Waals surface area (Å²) in [5.41, 5.74) is 2.25. The Balaban J connectivity index is 1.48. The normalized spacial score (nSPS) is 17.1. The summed E-state index contributed by atoms with van der Waals surface area (Å²) in [5, 5.41) is 8.63. The fourth-order valence-corrected chi connectivity index (χ4v) is 3.86. The molecule has 3 aromatic rings. The van der Waals surface area contributed by atoms with Crippen molar-refractivity contribution in [3.63, 3.8) is 0 Å². The summed E-state index contributed by atoms with van der Waals surface area (Å²) in [5.74, 6) is 0.730. The highest BCUT2D eigenvalue weighted by atomic mass is 35.5. The van der Waals surface area contributed by atoms with E-state index in [1.54, 1.807) is 0 Å². The molecule has 8 heteroatoms. The molecule has 1 amide bonds. The number of carbonyl (C=O) groups is 1. The molecule has 146 valence electrons. The van der Waals surface area contributed by atoms with Gasteiger partial charge in [0.1, 0.15) is 17.5 Å². The maximum Gasteiger partial charge on any atom is 0.263 e. The van der Waals surface area contributed by atoms with E-state index in [1.807, 2.05) is 31.2 Å². The topological polar surface area (TPSA) is 84.2 Å². The number of fused-ring (bicyclic) bond motifs is 1. The molecule has 4 rings (SSSR count). The number of anilines is 1. The SMILES string of the molecule is CCc1noc2ncnc(N3CCC[C@@H](C(=O)NCc4ccccc4Cl)C3)c12. The average molecular weight is 400 g/mol. The van der Waals surface area contributed by atoms with Gasteiger partial charge in [0.15, 0.2) is 0 Å². The van der Waals surface area contributed by atoms with Crippen LogP contribution in [0, 0.1) is 5.92 Å². The summed E-state index contributed by atoms with van der Waals surface area (Å²) in [6, 6.07) is 7.55. The summed E-state index contributed by atoms with van der Waals surface area (Å²) in [6.07, 6.45) is 4.00. The molecule has 0 bridgehead atoms. The van der Waals surface area contributed by atoms with Crippen LogP contribution in [0.5, 0.6) is 0 Å². The minimum Gasteiger partial charge on any atom is -0.355 e. The number of piperidine rings is 1. The van der Waals surface area contributed by atoms with E-state index in [-0.39, 0.29) is 11.8 Å². The Morgan fingerprint density at radius 3 is 3.04 bits per heavy atom. The van der Waals surface area contributed by atoms with Gasteiger partial charge in [-0.25, -0.2) is 4.98 Å². The maximum atomic E-state index is 12.8. The smallest absolute Gasteiger partial charge is 0.263 e. The van der Waals surface area contributed by atoms with Gasteiger partial charge in [-0.2, -0.15) is 4.98 Å². The zero-order valence-corrected chi connectivity index (χ0v) is 16.4. The van der Waals surface area contributed by atoms with Crippen molar-refractivity contribution in [2.24, 2.45) is 5.92 Å². The fraction of sp³-hybridized carbons (Fsp3) is 0.400. The van der Waals surface area contributed by atoms with Gasteiger partial charge in [-0.1, -0.05) is 41.9 Å². The van der Waals surface area contributed by atoms with Gasteiger partial charge in [0.05, 0.1) is 11.6 Å². The van der Waals surface area contributed by atoms with Crippen LogP contribution in [0.2, 0.25) is 5.02 Å². The molecule has 7 nitrogen and oxygen atoms in total. The summed E-state index contributed by atoms with van der Waals surface area (Å²) < 4.78 is 5.32. The highest BCUT2D eigenvalue weighted by Crippen LogP contribution is 2.30. The number of rotatable bonds is 5. The highest BCUT2D eigenvalue weighted by Gasteiger charge is 2.28. The van der Waals surface area contributed by atoms with Crippen molar-refractivity contribution in [3.05, 3.63) is 46.9 Å². The molecule has 0 radical (unpaired) electrons. The number of amides is 1. The van der Waals surface area contributed by atoms with E-state index in [0.717, 1.165) is 48.3 Å². The van der Waals surface area contributed by atoms with Crippen molar-refractivity contribution in [3.8, 4) is 0 Å². The van der Waals surface area contributed by atoms with E-state index in [9.17, 15) is 4.79 Å². The largest absolute Gasteiger partial charge is 0.355 e. The van der Waals surface area contributed by atoms with Gasteiger partial charge >= 0.3 is 0 Å². The molecule has 0 saturated carbocycles. The number of nitrogens with one attached hydrogen (secondary N) is 1. The molecule has 1 aliphatic heterocycles. The number of nitrogens with zero attached hydrogens (tertiary/aromatic N) is 4. The third-order valence-electron chi connectivity index (χ3n) is 5.16. The molecule has 1 aliphatic rings. The summed E-state index contributed by atoms with van der Waals surface area (Å²) >= 11 is 6.18. The summed E-state index contributed by atoms with van der Waals surface area (Å²) in [4.78, 5) is 23.5. The van der Waals surface area contributed by atoms with Crippen LogP contribution in [0.3, 0.4) is 0 Å². The van der Waals surface area contributed by atoms with Crippen LogP contribution in [-0.4, -0.2) is 34.1 Å². The number of hydrogen-bond donors (Lipinski definition) is 1. The molecule has 3 heterocycles. The zero-order valence-electron chi connectivity index (χ0n) is 15.7. The highest BCUT2D eigenvalue weighted by molar-refractivity contribution is 6.31. The number of benzene rings is 1. The molecule has 0 spiro atoms. The summed E-state index contributed by atoms with van der Waals surface area (Å²) in [7, 11) is 0. The van der Waals surface area contributed by atoms with Gasteiger partial charge in [-0.3, -0.25) is 4.79 Å². The second-order valence-electron chi connectivity index (χ2n) is 6.95. The Labute approximate surface area is 168 Å². The predicted molar refractivity (Wildman–Crippen MR) is 107 cm³/mol. The average Bonchev–Trinajstić information content (AvgIpc) is 3.16. The van der Waals surface area contributed by atoms with Crippen LogP contribution in [0.1, 0.15) is 31.0 Å². The van der Waals surface area contributed by atoms with Gasteiger partial charge in [-0.05, 0) is 30.9 Å². The second kappa shape index (κ2) is 8.14. The number of halogens is 1. The predicted octanol–water partition coefficient (Wildman–Crippen LogP) is 3.37. The van der Waals surface area contributed by atoms with Crippen LogP contribution in [0.4, 0.5) is 5.82 Å². The minimum absolute atomic E-state index is 0.0379. The molecular formula is C20H22ClN5O2. The first-order valence-corrected chi connectivity index (χ1v) is 9.90. The molecule has 1 fully saturated rings. The zero-order chi connectivity index (χ0) is 19.5. The van der Waals surface area contributed by atoms with Crippen molar-refractivity contribution < 1.29 is 9.32 Å². The van der Waals surface area contributed by atoms with Crippen molar-refractivity contribution in [2.45, 2.75) is 32.7 Å². The van der Waals surface area contributed by atoms with E-state index in [0.29, 0.717) is 23.8 Å². The number of carbonyl (C=O) groups excluding carboxylic acids is 1. The van der Waals surface area contributed by atoms with Crippen LogP contribution in [-0.2, 0) is 17.8 Å². The van der Waals surface area contributed by atoms with Crippen molar-refractivity contribution in [2.75, 3.05) is 18.0 Å². The van der Waals surface area contributed by atoms with Gasteiger partial charge in [0.25, 0.3) is 5.71 Å². The Bertz CT molecular complexity index is 990. The third kappa shape index (κ3) is 3.67. The molecule has 1 N–H and O–H groups in total. The maximum absolute atomic E-state index is 12.8. The van der Waals surface area contributed by atoms with E-state index >= 15 is 0 Å². The lowest BCUT2D eigenvalue weighted by Crippen LogP contribution is -2.43. The minimum atomic E-state index is -0.105. The number of aryl methyl sites for hydroxylation is 1. The van der Waals surface area contributed by atoms with Crippen molar-refractivity contribution in [1.82, 2.24) is 20.4 Å². The first-order valence-electron chi connectivity index (χ1n) is 9.52. The molecule has 1 atom stereocenters. The molecule has 2 aromatic heterocycles. The lowest BCUT2D eigenvalue weighted by molar-refractivity contribution is -0.125. The molecule has 1 saturated heterocycles. The number of hydrogen-bond acceptors (Lipinski definition) is 6. The lowest BCUT2D eigenvalue weighted by Gasteiger charge is -2.33. The molecular weight excluding hydrogens is 378 g/mol. The van der Waals surface area contributed by atoms with Gasteiger partial charge in [0.2, 0.25) is 5.91 Å². The standard InChI is InChI=1S/C20H22ClN5O2/c1-2-16-17-18(23-12-24-20(17)28-25-16)26-9-5-7-14(11-26)19(27)22-10-13-6-3-4-8-15(13)21/h3-4,6,8,12,14H,2,5,7,9-11H2,1H3,(H,22,27)/t14-/m1/s1. The fourth-order valence-electron chi connectivity index (χ4n) is 3.66. The van der Waals surface area contributed by atoms with E-state index in [2.05, 4.69) is 25.3 Å². The monoisotopic (exact) mass is 399 g/mol. The molecule has 0 aliphatic carbocycles. The van der Waals surface area contributed by atoms with Crippen LogP contribution < -0.4 is 10.2 Å².